The summed E-state index contributed by atoms with van der Waals surface area (Å²) in [5.74, 6) is 0. The molecule has 0 saturated carbocycles. The first-order valence-electron chi connectivity index (χ1n) is 24.5. The number of fused-ring (bicyclic) bond motifs is 3. The molecule has 0 amide bonds. The van der Waals surface area contributed by atoms with Crippen molar-refractivity contribution in [2.24, 2.45) is 0 Å². The van der Waals surface area contributed by atoms with Crippen LogP contribution in [0.3, 0.4) is 0 Å². The van der Waals surface area contributed by atoms with Crippen molar-refractivity contribution in [1.82, 2.24) is 0 Å². The molecule has 64 heavy (non-hydrogen) atoms. The second kappa shape index (κ2) is 24.4. The van der Waals surface area contributed by atoms with Gasteiger partial charge in [-0.25, -0.2) is 0 Å². The number of benzene rings is 4. The molecule has 0 radical (unpaired) electrons. The number of rotatable bonds is 22. The summed E-state index contributed by atoms with van der Waals surface area (Å²) in [6.45, 7) is 26.8. The van der Waals surface area contributed by atoms with Crippen LogP contribution in [0.4, 0.5) is 5.69 Å². The first kappa shape index (κ1) is 49.4. The van der Waals surface area contributed by atoms with Crippen LogP contribution in [-0.4, -0.2) is 0 Å². The van der Waals surface area contributed by atoms with Crippen molar-refractivity contribution in [2.75, 3.05) is 5.32 Å². The fraction of sp³-hybridized carbons (Fsp3) is 0.333. The minimum Gasteiger partial charge on any atom is -0.362 e. The van der Waals surface area contributed by atoms with Crippen LogP contribution in [-0.2, 0) is 31.1 Å². The molecular weight excluding hydrogens is 771 g/mol. The Morgan fingerprint density at radius 2 is 1.06 bits per heavy atom. The van der Waals surface area contributed by atoms with Gasteiger partial charge in [0.1, 0.15) is 0 Å². The molecule has 4 aromatic rings. The van der Waals surface area contributed by atoms with Crippen LogP contribution in [0.5, 0.6) is 0 Å². The van der Waals surface area contributed by atoms with E-state index in [0.29, 0.717) is 0 Å². The molecule has 0 heterocycles. The maximum absolute atomic E-state index is 4.04. The lowest BCUT2D eigenvalue weighted by molar-refractivity contribution is 0.660. The Labute approximate surface area is 389 Å². The molecular formula is C63H77N. The van der Waals surface area contributed by atoms with Crippen molar-refractivity contribution in [2.45, 2.75) is 139 Å². The van der Waals surface area contributed by atoms with Crippen molar-refractivity contribution in [3.63, 3.8) is 0 Å². The highest BCUT2D eigenvalue weighted by molar-refractivity contribution is 5.83. The van der Waals surface area contributed by atoms with E-state index in [1.807, 2.05) is 12.3 Å². The van der Waals surface area contributed by atoms with E-state index < -0.39 is 0 Å². The van der Waals surface area contributed by atoms with Gasteiger partial charge < -0.3 is 5.32 Å². The maximum Gasteiger partial charge on any atom is 0.0382 e. The lowest BCUT2D eigenvalue weighted by Gasteiger charge is -2.22. The van der Waals surface area contributed by atoms with Gasteiger partial charge in [0.15, 0.2) is 0 Å². The van der Waals surface area contributed by atoms with E-state index in [1.165, 1.54) is 83.5 Å². The van der Waals surface area contributed by atoms with Gasteiger partial charge in [0.2, 0.25) is 0 Å². The monoisotopic (exact) mass is 848 g/mol. The normalized spacial score (nSPS) is 14.6. The molecule has 0 bridgehead atoms. The molecule has 0 atom stereocenters. The maximum atomic E-state index is 4.04. The highest BCUT2D eigenvalue weighted by atomic mass is 14.8. The van der Waals surface area contributed by atoms with Gasteiger partial charge in [-0.05, 0) is 166 Å². The van der Waals surface area contributed by atoms with Crippen LogP contribution >= 0.6 is 0 Å². The summed E-state index contributed by atoms with van der Waals surface area (Å²) in [6.07, 6.45) is 37.4. The molecule has 0 aromatic heterocycles. The van der Waals surface area contributed by atoms with Gasteiger partial charge in [-0.3, -0.25) is 0 Å². The van der Waals surface area contributed by atoms with Gasteiger partial charge in [-0.15, -0.1) is 0 Å². The van der Waals surface area contributed by atoms with Crippen molar-refractivity contribution in [1.29, 1.82) is 0 Å². The number of hydrogen-bond acceptors (Lipinski definition) is 1. The molecule has 0 spiro atoms. The summed E-state index contributed by atoms with van der Waals surface area (Å²) in [7, 11) is 0. The number of nitrogens with one attached hydrogen (secondary N) is 1. The fourth-order valence-corrected chi connectivity index (χ4v) is 9.34. The van der Waals surface area contributed by atoms with E-state index in [4.69, 9.17) is 0 Å². The zero-order valence-electron chi connectivity index (χ0n) is 41.1. The zero-order valence-corrected chi connectivity index (χ0v) is 41.1. The standard InChI is InChI=1S/C63H77N/c1-12-50(13-2)51(14-3)25-21-22-26-52(15-4)53(16-5)35-32-49-34-40-60-59-39-33-48(43-61(59)63(10,11)62(60)44-49)30-28-46(27-29-47-31-36-54(17-6)56(19-8)42-47)24-23-41-64-58-38-37-55(18-7)57(20-9)45-58/h12,22-24,26-45,64H,1,13-21,25H2,2-11H3/b26-22+,29-27-,30-28+,35-32-,41-23+,46-24+,51-50+,53-52-. The number of aryl methyl sites for hydroxylation is 4. The quantitative estimate of drug-likeness (QED) is 0.0777. The average molecular weight is 848 g/mol. The Balaban J connectivity index is 1.37. The largest absolute Gasteiger partial charge is 0.362 e. The summed E-state index contributed by atoms with van der Waals surface area (Å²) >= 11 is 0. The van der Waals surface area contributed by atoms with Crippen LogP contribution in [0.1, 0.15) is 158 Å². The minimum absolute atomic E-state index is 0.115. The third-order valence-corrected chi connectivity index (χ3v) is 13.3. The average Bonchev–Trinajstić information content (AvgIpc) is 3.55. The highest BCUT2D eigenvalue weighted by Crippen LogP contribution is 2.49. The summed E-state index contributed by atoms with van der Waals surface area (Å²) in [5, 5.41) is 3.51. The number of anilines is 1. The second-order valence-electron chi connectivity index (χ2n) is 17.6. The zero-order chi connectivity index (χ0) is 46.1. The van der Waals surface area contributed by atoms with E-state index in [2.05, 4.69) is 215 Å². The van der Waals surface area contributed by atoms with Crippen LogP contribution in [0, 0.1) is 0 Å². The van der Waals surface area contributed by atoms with Crippen molar-refractivity contribution in [3.8, 4) is 11.1 Å². The first-order valence-corrected chi connectivity index (χ1v) is 24.5. The van der Waals surface area contributed by atoms with Gasteiger partial charge in [0.25, 0.3) is 0 Å². The van der Waals surface area contributed by atoms with E-state index >= 15 is 0 Å². The first-order chi connectivity index (χ1) is 31.1. The molecule has 0 saturated heterocycles. The summed E-state index contributed by atoms with van der Waals surface area (Å²) in [6, 6.07) is 27.6. The number of hydrogen-bond donors (Lipinski definition) is 1. The topological polar surface area (TPSA) is 12.0 Å². The summed E-state index contributed by atoms with van der Waals surface area (Å²) in [5.41, 5.74) is 22.8. The minimum atomic E-state index is -0.115. The van der Waals surface area contributed by atoms with Crippen molar-refractivity contribution in [3.05, 3.63) is 212 Å². The molecule has 1 aliphatic rings. The Bertz CT molecular complexity index is 2480. The third kappa shape index (κ3) is 12.5. The van der Waals surface area contributed by atoms with E-state index in [1.54, 1.807) is 0 Å². The Morgan fingerprint density at radius 1 is 0.547 bits per heavy atom. The van der Waals surface area contributed by atoms with Gasteiger partial charge in [0.05, 0.1) is 0 Å². The molecule has 334 valence electrons. The predicted octanol–water partition coefficient (Wildman–Crippen LogP) is 18.3. The Hall–Kier alpha value is -5.66. The molecule has 0 aliphatic heterocycles. The molecule has 5 rings (SSSR count). The van der Waals surface area contributed by atoms with Crippen LogP contribution in [0.2, 0.25) is 0 Å². The van der Waals surface area contributed by atoms with E-state index in [-0.39, 0.29) is 5.41 Å². The second-order valence-corrected chi connectivity index (χ2v) is 17.6. The molecule has 1 N–H and O–H groups in total. The van der Waals surface area contributed by atoms with Crippen LogP contribution < -0.4 is 5.32 Å². The lowest BCUT2D eigenvalue weighted by atomic mass is 9.81. The Morgan fingerprint density at radius 3 is 1.61 bits per heavy atom. The molecule has 1 heteroatoms. The SMILES string of the molecule is C=C/C(CC)=C(/CC)CC/C=C/C(CC)=C(\C=C/c1ccc2c(c1)C(C)(C)c1cc(/C=C/C(/C=C\c3ccc(CC)c(CC)c3)=C/C=C/Nc3ccc(CC)c(CC)c3)ccc1-2)CC. The lowest BCUT2D eigenvalue weighted by Crippen LogP contribution is -2.15. The molecule has 1 aliphatic carbocycles. The highest BCUT2D eigenvalue weighted by Gasteiger charge is 2.35. The van der Waals surface area contributed by atoms with Gasteiger partial charge >= 0.3 is 0 Å². The van der Waals surface area contributed by atoms with Crippen molar-refractivity contribution >= 4 is 23.9 Å². The smallest absolute Gasteiger partial charge is 0.0382 e. The van der Waals surface area contributed by atoms with Crippen LogP contribution in [0.15, 0.2) is 162 Å². The van der Waals surface area contributed by atoms with Crippen LogP contribution in [0.25, 0.3) is 29.4 Å². The fourth-order valence-electron chi connectivity index (χ4n) is 9.34. The molecule has 0 fully saturated rings. The Kier molecular flexibility index (Phi) is 18.8. The third-order valence-electron chi connectivity index (χ3n) is 13.3. The number of allylic oxidation sites excluding steroid dienone is 13. The van der Waals surface area contributed by atoms with E-state index in [9.17, 15) is 0 Å². The molecule has 0 unspecified atom stereocenters. The van der Waals surface area contributed by atoms with Crippen molar-refractivity contribution < 1.29 is 0 Å². The van der Waals surface area contributed by atoms with Gasteiger partial charge in [-0.2, -0.15) is 0 Å². The molecule has 1 nitrogen and oxygen atoms in total. The van der Waals surface area contributed by atoms with E-state index in [0.717, 1.165) is 75.5 Å². The predicted molar refractivity (Wildman–Crippen MR) is 286 cm³/mol. The summed E-state index contributed by atoms with van der Waals surface area (Å²) < 4.78 is 0. The summed E-state index contributed by atoms with van der Waals surface area (Å²) in [4.78, 5) is 0. The van der Waals surface area contributed by atoms with Gasteiger partial charge in [-0.1, -0.05) is 203 Å². The van der Waals surface area contributed by atoms with Gasteiger partial charge in [0, 0.05) is 17.3 Å². The molecule has 4 aromatic carbocycles.